The number of benzene rings is 5. The van der Waals surface area contributed by atoms with Crippen LogP contribution in [0.3, 0.4) is 0 Å². The van der Waals surface area contributed by atoms with Gasteiger partial charge in [-0.15, -0.1) is 10.2 Å². The second-order valence-electron chi connectivity index (χ2n) is 11.6. The Hall–Kier alpha value is -5.25. The van der Waals surface area contributed by atoms with E-state index < -0.39 is 17.7 Å². The Morgan fingerprint density at radius 1 is 0.833 bits per heavy atom. The number of aryl methyl sites for hydroxylation is 2. The van der Waals surface area contributed by atoms with Crippen molar-refractivity contribution in [3.63, 3.8) is 0 Å². The number of anilines is 1. The lowest BCUT2D eigenvalue weighted by atomic mass is 9.95. The first kappa shape index (κ1) is 31.4. The van der Waals surface area contributed by atoms with Crippen LogP contribution >= 0.6 is 23.1 Å². The van der Waals surface area contributed by atoms with Gasteiger partial charge in [0.1, 0.15) is 18.1 Å². The molecule has 0 saturated carbocycles. The van der Waals surface area contributed by atoms with Crippen LogP contribution in [0.5, 0.6) is 5.75 Å². The van der Waals surface area contributed by atoms with Crippen LogP contribution in [-0.2, 0) is 21.9 Å². The summed E-state index contributed by atoms with van der Waals surface area (Å²) in [5.74, 6) is -0.518. The molecule has 0 aliphatic carbocycles. The van der Waals surface area contributed by atoms with Crippen molar-refractivity contribution < 1.29 is 19.4 Å². The van der Waals surface area contributed by atoms with Gasteiger partial charge in [0.25, 0.3) is 5.78 Å². The predicted octanol–water partition coefficient (Wildman–Crippen LogP) is 8.81. The van der Waals surface area contributed by atoms with Crippen LogP contribution in [0.4, 0.5) is 5.13 Å². The molecule has 5 aromatic carbocycles. The topological polar surface area (TPSA) is 92.6 Å². The fourth-order valence-electron chi connectivity index (χ4n) is 5.81. The van der Waals surface area contributed by atoms with E-state index in [4.69, 9.17) is 4.74 Å². The number of fused-ring (bicyclic) bond motifs is 1. The molecule has 1 unspecified atom stereocenters. The van der Waals surface area contributed by atoms with Crippen molar-refractivity contribution in [2.45, 2.75) is 36.6 Å². The van der Waals surface area contributed by atoms with Crippen LogP contribution in [0.15, 0.2) is 125 Å². The number of Topliss-reactive ketones (excluding diaryl/α,β-unsaturated/α-hetero) is 1. The number of hydrogen-bond acceptors (Lipinski definition) is 8. The number of nitrogens with zero attached hydrogens (tertiary/aromatic N) is 3. The fraction of sp³-hybridized carbons (Fsp3) is 0.128. The molecular formula is C39H31N3O4S2. The van der Waals surface area contributed by atoms with Gasteiger partial charge in [0.2, 0.25) is 5.13 Å². The van der Waals surface area contributed by atoms with E-state index in [1.807, 2.05) is 80.6 Å². The summed E-state index contributed by atoms with van der Waals surface area (Å²) >= 11 is 2.78. The number of hydrogen-bond donors (Lipinski definition) is 1. The summed E-state index contributed by atoms with van der Waals surface area (Å²) < 4.78 is 6.65. The zero-order chi connectivity index (χ0) is 33.2. The van der Waals surface area contributed by atoms with Gasteiger partial charge in [-0.2, -0.15) is 0 Å². The molecule has 1 aliphatic rings. The number of thioether (sulfide) groups is 1. The van der Waals surface area contributed by atoms with E-state index in [-0.39, 0.29) is 11.3 Å². The first-order chi connectivity index (χ1) is 23.4. The molecule has 0 spiro atoms. The monoisotopic (exact) mass is 669 g/mol. The van der Waals surface area contributed by atoms with Crippen molar-refractivity contribution in [3.8, 4) is 5.75 Å². The molecule has 6 aromatic rings. The molecule has 2 heterocycles. The van der Waals surface area contributed by atoms with Crippen molar-refractivity contribution in [2.24, 2.45) is 0 Å². The third kappa shape index (κ3) is 6.22. The van der Waals surface area contributed by atoms with Crippen LogP contribution in [-0.4, -0.2) is 27.0 Å². The number of aliphatic hydroxyl groups excluding tert-OH is 1. The number of aliphatic hydroxyl groups is 1. The van der Waals surface area contributed by atoms with E-state index >= 15 is 0 Å². The number of ketones is 1. The van der Waals surface area contributed by atoms with Crippen LogP contribution in [0.25, 0.3) is 16.5 Å². The first-order valence-electron chi connectivity index (χ1n) is 15.5. The van der Waals surface area contributed by atoms with Gasteiger partial charge in [0.05, 0.1) is 11.6 Å². The molecule has 9 heteroatoms. The highest BCUT2D eigenvalue weighted by atomic mass is 32.2. The Morgan fingerprint density at radius 2 is 1.54 bits per heavy atom. The van der Waals surface area contributed by atoms with Crippen LogP contribution < -0.4 is 9.64 Å². The maximum absolute atomic E-state index is 13.7. The summed E-state index contributed by atoms with van der Waals surface area (Å²) in [5.41, 5.74) is 5.49. The summed E-state index contributed by atoms with van der Waals surface area (Å²) in [4.78, 5) is 28.7. The third-order valence-electron chi connectivity index (χ3n) is 8.45. The van der Waals surface area contributed by atoms with Crippen LogP contribution in [0.1, 0.15) is 39.4 Å². The zero-order valence-electron chi connectivity index (χ0n) is 26.3. The summed E-state index contributed by atoms with van der Waals surface area (Å²) in [7, 11) is 0. The van der Waals surface area contributed by atoms with Gasteiger partial charge >= 0.3 is 5.91 Å². The standard InChI is InChI=1S/C39H31N3O4S2/c1-24-14-16-27(17-15-24)34-33(35(43)28-18-20-31(21-19-28)46-22-29-10-4-3-8-25(29)2)36(44)37(45)42(34)38-40-41-39(48-38)47-23-30-12-7-11-26-9-5-6-13-32(26)30/h3-21,34,43H,22-23H2,1-2H3. The number of aromatic nitrogens is 2. The van der Waals surface area contributed by atoms with Crippen LogP contribution in [0, 0.1) is 13.8 Å². The Labute approximate surface area is 286 Å². The summed E-state index contributed by atoms with van der Waals surface area (Å²) in [6.07, 6.45) is 0. The molecule has 238 valence electrons. The summed E-state index contributed by atoms with van der Waals surface area (Å²) in [6.45, 7) is 4.40. The van der Waals surface area contributed by atoms with E-state index in [0.717, 1.165) is 16.7 Å². The molecule has 0 radical (unpaired) electrons. The highest BCUT2D eigenvalue weighted by molar-refractivity contribution is 8.00. The van der Waals surface area contributed by atoms with Crippen molar-refractivity contribution in [1.82, 2.24) is 10.2 Å². The molecule has 7 rings (SSSR count). The minimum absolute atomic E-state index is 0.00223. The zero-order valence-corrected chi connectivity index (χ0v) is 27.9. The van der Waals surface area contributed by atoms with Gasteiger partial charge in [-0.1, -0.05) is 120 Å². The van der Waals surface area contributed by atoms with Crippen molar-refractivity contribution in [1.29, 1.82) is 0 Å². The minimum atomic E-state index is -0.883. The minimum Gasteiger partial charge on any atom is -0.507 e. The Kier molecular flexibility index (Phi) is 8.80. The quantitative estimate of drug-likeness (QED) is 0.0541. The smallest absolute Gasteiger partial charge is 0.301 e. The van der Waals surface area contributed by atoms with E-state index in [2.05, 4.69) is 34.5 Å². The van der Waals surface area contributed by atoms with Gasteiger partial charge in [-0.05, 0) is 71.1 Å². The van der Waals surface area contributed by atoms with Crippen LogP contribution in [0.2, 0.25) is 0 Å². The van der Waals surface area contributed by atoms with E-state index in [1.165, 1.54) is 44.3 Å². The first-order valence-corrected chi connectivity index (χ1v) is 17.3. The maximum Gasteiger partial charge on any atom is 0.301 e. The van der Waals surface area contributed by atoms with Gasteiger partial charge < -0.3 is 9.84 Å². The highest BCUT2D eigenvalue weighted by Gasteiger charge is 2.48. The van der Waals surface area contributed by atoms with Crippen molar-refractivity contribution in [2.75, 3.05) is 4.90 Å². The molecule has 1 atom stereocenters. The third-order valence-corrected chi connectivity index (χ3v) is 10.6. The average molecular weight is 670 g/mol. The lowest BCUT2D eigenvalue weighted by Gasteiger charge is -2.22. The number of carbonyl (C=O) groups excluding carboxylic acids is 2. The molecule has 1 aliphatic heterocycles. The second-order valence-corrected chi connectivity index (χ2v) is 13.8. The van der Waals surface area contributed by atoms with Gasteiger partial charge in [0, 0.05) is 11.3 Å². The molecule has 1 N–H and O–H groups in total. The lowest BCUT2D eigenvalue weighted by Crippen LogP contribution is -2.29. The van der Waals surface area contributed by atoms with Crippen molar-refractivity contribution in [3.05, 3.63) is 154 Å². The predicted molar refractivity (Wildman–Crippen MR) is 191 cm³/mol. The summed E-state index contributed by atoms with van der Waals surface area (Å²) in [5, 5.41) is 23.0. The SMILES string of the molecule is Cc1ccc(C2C(=C(O)c3ccc(OCc4ccccc4C)cc3)C(=O)C(=O)N2c2nnc(SCc3cccc4ccccc34)s2)cc1. The lowest BCUT2D eigenvalue weighted by molar-refractivity contribution is -0.132. The molecule has 1 amide bonds. The molecule has 7 nitrogen and oxygen atoms in total. The number of ether oxygens (including phenoxy) is 1. The fourth-order valence-corrected chi connectivity index (χ4v) is 7.68. The summed E-state index contributed by atoms with van der Waals surface area (Å²) in [6, 6.07) is 36.0. The molecular weight excluding hydrogens is 639 g/mol. The Bertz CT molecular complexity index is 2170. The molecule has 1 aromatic heterocycles. The second kappa shape index (κ2) is 13.5. The Morgan fingerprint density at radius 3 is 2.33 bits per heavy atom. The largest absolute Gasteiger partial charge is 0.507 e. The van der Waals surface area contributed by atoms with E-state index in [1.54, 1.807) is 24.3 Å². The van der Waals surface area contributed by atoms with E-state index in [0.29, 0.717) is 38.7 Å². The maximum atomic E-state index is 13.7. The normalized spacial score (nSPS) is 15.7. The average Bonchev–Trinajstić information content (AvgIpc) is 3.68. The number of carbonyl (C=O) groups is 2. The van der Waals surface area contributed by atoms with E-state index in [9.17, 15) is 14.7 Å². The molecule has 0 bridgehead atoms. The number of amides is 1. The molecule has 48 heavy (non-hydrogen) atoms. The Balaban J connectivity index is 1.18. The molecule has 1 saturated heterocycles. The van der Waals surface area contributed by atoms with Gasteiger partial charge in [-0.3, -0.25) is 14.5 Å². The van der Waals surface area contributed by atoms with Gasteiger partial charge in [0.15, 0.2) is 4.34 Å². The molecule has 1 fully saturated rings. The van der Waals surface area contributed by atoms with Gasteiger partial charge in [-0.25, -0.2) is 0 Å². The highest BCUT2D eigenvalue weighted by Crippen LogP contribution is 2.44. The van der Waals surface area contributed by atoms with Crippen molar-refractivity contribution >= 4 is 56.5 Å². The number of rotatable bonds is 9.